The van der Waals surface area contributed by atoms with E-state index in [1.165, 1.54) is 5.56 Å². The van der Waals surface area contributed by atoms with Gasteiger partial charge >= 0.3 is 0 Å². The molecule has 0 bridgehead atoms. The topological polar surface area (TPSA) is 69.7 Å². The Balaban J connectivity index is 1.21. The molecule has 1 N–H and O–H groups in total. The van der Waals surface area contributed by atoms with Crippen LogP contribution in [-0.2, 0) is 21.2 Å². The van der Waals surface area contributed by atoms with Crippen LogP contribution in [0, 0.1) is 6.92 Å². The zero-order valence-corrected chi connectivity index (χ0v) is 21.5. The maximum absolute atomic E-state index is 12.7. The highest BCUT2D eigenvalue weighted by Crippen LogP contribution is 2.18. The van der Waals surface area contributed by atoms with Crippen molar-refractivity contribution in [2.75, 3.05) is 37.4 Å². The standard InChI is InChI=1S/C29H33N3O3S/c1-24-9-14-27(15-10-24)30-36(34,35)28-16-11-26(12-17-28)13-18-29(33)32-22-20-31(21-23-32)19-5-8-25-6-3-2-4-7-25/h2-12,14-17,30H,13,18-23H2,1H3/b8-5+. The van der Waals surface area contributed by atoms with E-state index < -0.39 is 10.0 Å². The minimum atomic E-state index is -3.65. The van der Waals surface area contributed by atoms with E-state index in [1.807, 2.05) is 42.2 Å². The fraction of sp³-hybridized carbons (Fsp3) is 0.276. The molecule has 1 aliphatic rings. The Labute approximate surface area is 214 Å². The molecule has 3 aromatic carbocycles. The summed E-state index contributed by atoms with van der Waals surface area (Å²) in [6.07, 6.45) is 5.31. The second-order valence-corrected chi connectivity index (χ2v) is 10.8. The number of piperazine rings is 1. The molecular formula is C29H33N3O3S. The fourth-order valence-electron chi connectivity index (χ4n) is 4.16. The van der Waals surface area contributed by atoms with E-state index in [4.69, 9.17) is 0 Å². The lowest BCUT2D eigenvalue weighted by molar-refractivity contribution is -0.132. The lowest BCUT2D eigenvalue weighted by atomic mass is 10.1. The maximum Gasteiger partial charge on any atom is 0.261 e. The van der Waals surface area contributed by atoms with Crippen LogP contribution in [0.2, 0.25) is 0 Å². The van der Waals surface area contributed by atoms with Crippen LogP contribution in [0.1, 0.15) is 23.1 Å². The number of hydrogen-bond acceptors (Lipinski definition) is 4. The van der Waals surface area contributed by atoms with Gasteiger partial charge in [0.25, 0.3) is 10.0 Å². The zero-order valence-electron chi connectivity index (χ0n) is 20.6. The van der Waals surface area contributed by atoms with E-state index in [-0.39, 0.29) is 10.8 Å². The lowest BCUT2D eigenvalue weighted by Crippen LogP contribution is -2.48. The van der Waals surface area contributed by atoms with Crippen LogP contribution in [0.15, 0.2) is 89.8 Å². The van der Waals surface area contributed by atoms with Gasteiger partial charge in [0, 0.05) is 44.8 Å². The van der Waals surface area contributed by atoms with Crippen LogP contribution in [0.25, 0.3) is 6.08 Å². The first-order valence-corrected chi connectivity index (χ1v) is 13.8. The Morgan fingerprint density at radius 1 is 0.889 bits per heavy atom. The molecule has 7 heteroatoms. The van der Waals surface area contributed by atoms with Crippen LogP contribution < -0.4 is 4.72 Å². The Morgan fingerprint density at radius 3 is 2.22 bits per heavy atom. The molecule has 1 saturated heterocycles. The van der Waals surface area contributed by atoms with Gasteiger partial charge in [0.2, 0.25) is 5.91 Å². The Kier molecular flexibility index (Phi) is 8.57. The van der Waals surface area contributed by atoms with E-state index in [0.29, 0.717) is 18.5 Å². The summed E-state index contributed by atoms with van der Waals surface area (Å²) in [5.41, 5.74) is 3.74. The summed E-state index contributed by atoms with van der Waals surface area (Å²) < 4.78 is 27.9. The number of nitrogens with one attached hydrogen (secondary N) is 1. The summed E-state index contributed by atoms with van der Waals surface area (Å²) >= 11 is 0. The predicted molar refractivity (Wildman–Crippen MR) is 145 cm³/mol. The highest BCUT2D eigenvalue weighted by Gasteiger charge is 2.20. The summed E-state index contributed by atoms with van der Waals surface area (Å²) in [4.78, 5) is 17.2. The first-order valence-electron chi connectivity index (χ1n) is 12.3. The minimum absolute atomic E-state index is 0.146. The van der Waals surface area contributed by atoms with Crippen LogP contribution in [0.3, 0.4) is 0 Å². The van der Waals surface area contributed by atoms with Crippen LogP contribution >= 0.6 is 0 Å². The molecule has 188 valence electrons. The zero-order chi connectivity index (χ0) is 25.4. The van der Waals surface area contributed by atoms with Gasteiger partial charge in [-0.05, 0) is 48.7 Å². The number of sulfonamides is 1. The van der Waals surface area contributed by atoms with Gasteiger partial charge in [0.05, 0.1) is 4.90 Å². The molecule has 1 amide bonds. The van der Waals surface area contributed by atoms with Crippen LogP contribution in [0.4, 0.5) is 5.69 Å². The van der Waals surface area contributed by atoms with Crippen molar-refractivity contribution in [3.8, 4) is 0 Å². The molecule has 1 fully saturated rings. The maximum atomic E-state index is 12.7. The van der Waals surface area contributed by atoms with Crippen molar-refractivity contribution < 1.29 is 13.2 Å². The molecule has 1 heterocycles. The first kappa shape index (κ1) is 25.7. The van der Waals surface area contributed by atoms with Crippen molar-refractivity contribution in [1.29, 1.82) is 0 Å². The number of rotatable bonds is 9. The summed E-state index contributed by atoms with van der Waals surface area (Å²) in [7, 11) is -3.65. The van der Waals surface area contributed by atoms with Gasteiger partial charge in [-0.25, -0.2) is 8.42 Å². The molecule has 0 unspecified atom stereocenters. The van der Waals surface area contributed by atoms with Crippen molar-refractivity contribution >= 4 is 27.7 Å². The number of benzene rings is 3. The van der Waals surface area contributed by atoms with Crippen molar-refractivity contribution in [3.05, 3.63) is 102 Å². The van der Waals surface area contributed by atoms with Gasteiger partial charge in [-0.2, -0.15) is 0 Å². The van der Waals surface area contributed by atoms with E-state index in [9.17, 15) is 13.2 Å². The number of amides is 1. The predicted octanol–water partition coefficient (Wildman–Crippen LogP) is 4.59. The number of aryl methyl sites for hydroxylation is 2. The second-order valence-electron chi connectivity index (χ2n) is 9.11. The first-order chi connectivity index (χ1) is 17.4. The normalized spacial score (nSPS) is 14.8. The summed E-state index contributed by atoms with van der Waals surface area (Å²) in [5.74, 6) is 0.146. The third-order valence-corrected chi connectivity index (χ3v) is 7.76. The number of carbonyl (C=O) groups excluding carboxylic acids is 1. The Hall–Kier alpha value is -3.42. The largest absolute Gasteiger partial charge is 0.340 e. The summed E-state index contributed by atoms with van der Waals surface area (Å²) in [5, 5.41) is 0. The average Bonchev–Trinajstić information content (AvgIpc) is 2.90. The van der Waals surface area contributed by atoms with Gasteiger partial charge < -0.3 is 4.90 Å². The van der Waals surface area contributed by atoms with Gasteiger partial charge in [0.1, 0.15) is 0 Å². The van der Waals surface area contributed by atoms with Gasteiger partial charge in [-0.15, -0.1) is 0 Å². The van der Waals surface area contributed by atoms with Crippen molar-refractivity contribution in [3.63, 3.8) is 0 Å². The van der Waals surface area contributed by atoms with Crippen LogP contribution in [0.5, 0.6) is 0 Å². The van der Waals surface area contributed by atoms with E-state index in [0.717, 1.165) is 43.9 Å². The molecule has 1 aliphatic heterocycles. The van der Waals surface area contributed by atoms with Gasteiger partial charge in [-0.3, -0.25) is 14.4 Å². The number of anilines is 1. The SMILES string of the molecule is Cc1ccc(NS(=O)(=O)c2ccc(CCC(=O)N3CCN(C/C=C/c4ccccc4)CC3)cc2)cc1. The molecule has 0 aromatic heterocycles. The van der Waals surface area contributed by atoms with E-state index in [1.54, 1.807) is 36.4 Å². The molecule has 0 saturated carbocycles. The van der Waals surface area contributed by atoms with Crippen molar-refractivity contribution in [1.82, 2.24) is 9.80 Å². The van der Waals surface area contributed by atoms with Crippen LogP contribution in [-0.4, -0.2) is 56.8 Å². The second kappa shape index (κ2) is 12.0. The fourth-order valence-corrected chi connectivity index (χ4v) is 5.22. The molecule has 6 nitrogen and oxygen atoms in total. The van der Waals surface area contributed by atoms with E-state index >= 15 is 0 Å². The average molecular weight is 504 g/mol. The van der Waals surface area contributed by atoms with Gasteiger partial charge in [-0.1, -0.05) is 72.3 Å². The molecule has 0 radical (unpaired) electrons. The molecule has 3 aromatic rings. The lowest BCUT2D eigenvalue weighted by Gasteiger charge is -2.34. The number of carbonyl (C=O) groups is 1. The highest BCUT2D eigenvalue weighted by atomic mass is 32.2. The molecule has 0 atom stereocenters. The molecular weight excluding hydrogens is 470 g/mol. The Morgan fingerprint density at radius 2 is 1.56 bits per heavy atom. The summed E-state index contributed by atoms with van der Waals surface area (Å²) in [6.45, 7) is 6.04. The smallest absolute Gasteiger partial charge is 0.261 e. The van der Waals surface area contributed by atoms with Crippen molar-refractivity contribution in [2.45, 2.75) is 24.7 Å². The van der Waals surface area contributed by atoms with Gasteiger partial charge in [0.15, 0.2) is 0 Å². The molecule has 0 spiro atoms. The van der Waals surface area contributed by atoms with Crippen molar-refractivity contribution in [2.24, 2.45) is 0 Å². The third kappa shape index (κ3) is 7.29. The monoisotopic (exact) mass is 503 g/mol. The molecule has 4 rings (SSSR count). The minimum Gasteiger partial charge on any atom is -0.340 e. The highest BCUT2D eigenvalue weighted by molar-refractivity contribution is 7.92. The number of hydrogen-bond donors (Lipinski definition) is 1. The molecule has 0 aliphatic carbocycles. The quantitative estimate of drug-likeness (QED) is 0.464. The molecule has 36 heavy (non-hydrogen) atoms. The number of nitrogens with zero attached hydrogens (tertiary/aromatic N) is 2. The third-order valence-electron chi connectivity index (χ3n) is 6.36. The van der Waals surface area contributed by atoms with E-state index in [2.05, 4.69) is 33.9 Å². The summed E-state index contributed by atoms with van der Waals surface area (Å²) in [6, 6.07) is 24.2. The Bertz CT molecular complexity index is 1260.